The summed E-state index contributed by atoms with van der Waals surface area (Å²) in [6.45, 7) is 11.7. The molecule has 7 heteroatoms. The highest BCUT2D eigenvalue weighted by atomic mass is 127. The Balaban J connectivity index is 0.00000324. The summed E-state index contributed by atoms with van der Waals surface area (Å²) in [5.41, 5.74) is 4.01. The summed E-state index contributed by atoms with van der Waals surface area (Å²) < 4.78 is 5.47. The van der Waals surface area contributed by atoms with Crippen LogP contribution in [0.3, 0.4) is 0 Å². The van der Waals surface area contributed by atoms with E-state index in [-0.39, 0.29) is 24.0 Å². The Morgan fingerprint density at radius 2 is 1.53 bits per heavy atom. The molecule has 2 aromatic carbocycles. The van der Waals surface area contributed by atoms with Gasteiger partial charge in [-0.05, 0) is 36.5 Å². The predicted molar refractivity (Wildman–Crippen MR) is 151 cm³/mol. The molecule has 2 heterocycles. The number of hydrogen-bond acceptors (Lipinski definition) is 4. The number of nitrogens with zero attached hydrogens (tertiary/aromatic N) is 3. The molecular weight excluding hydrogens is 537 g/mol. The number of guanidine groups is 1. The van der Waals surface area contributed by atoms with Crippen molar-refractivity contribution in [3.05, 3.63) is 71.3 Å². The molecule has 0 saturated carbocycles. The van der Waals surface area contributed by atoms with Crippen LogP contribution in [0.25, 0.3) is 0 Å². The van der Waals surface area contributed by atoms with Crippen molar-refractivity contribution in [2.45, 2.75) is 45.4 Å². The number of hydrogen-bond donors (Lipinski definition) is 2. The molecule has 0 bridgehead atoms. The Kier molecular flexibility index (Phi) is 11.6. The van der Waals surface area contributed by atoms with Crippen molar-refractivity contribution in [2.75, 3.05) is 45.9 Å². The second kappa shape index (κ2) is 14.7. The normalized spacial score (nSPS) is 18.3. The van der Waals surface area contributed by atoms with E-state index >= 15 is 0 Å². The van der Waals surface area contributed by atoms with Crippen molar-refractivity contribution >= 4 is 29.9 Å². The maximum absolute atomic E-state index is 5.47. The molecule has 2 aromatic rings. The molecule has 2 aliphatic rings. The molecule has 4 rings (SSSR count). The van der Waals surface area contributed by atoms with Crippen LogP contribution >= 0.6 is 24.0 Å². The van der Waals surface area contributed by atoms with Crippen LogP contribution in [0, 0.1) is 0 Å². The van der Waals surface area contributed by atoms with E-state index in [1.165, 1.54) is 16.7 Å². The van der Waals surface area contributed by atoms with Gasteiger partial charge in [-0.15, -0.1) is 24.0 Å². The largest absolute Gasteiger partial charge is 0.379 e. The Bertz CT molecular complexity index is 864. The number of halogens is 1. The van der Waals surface area contributed by atoms with Gasteiger partial charge >= 0.3 is 0 Å². The summed E-state index contributed by atoms with van der Waals surface area (Å²) in [4.78, 5) is 9.91. The first-order valence-electron chi connectivity index (χ1n) is 12.5. The van der Waals surface area contributed by atoms with Crippen LogP contribution < -0.4 is 10.6 Å². The highest BCUT2D eigenvalue weighted by Gasteiger charge is 2.20. The fraction of sp³-hybridized carbons (Fsp3) is 0.519. The monoisotopic (exact) mass is 577 g/mol. The van der Waals surface area contributed by atoms with Gasteiger partial charge in [0.25, 0.3) is 0 Å². The number of aliphatic imine (C=N–C) groups is 1. The lowest BCUT2D eigenvalue weighted by molar-refractivity contribution is 0.0342. The first-order valence-corrected chi connectivity index (χ1v) is 12.5. The number of likely N-dealkylation sites (tertiary alicyclic amines) is 1. The van der Waals surface area contributed by atoms with Gasteiger partial charge in [0.1, 0.15) is 0 Å². The van der Waals surface area contributed by atoms with Crippen molar-refractivity contribution in [1.29, 1.82) is 0 Å². The zero-order valence-corrected chi connectivity index (χ0v) is 22.7. The minimum absolute atomic E-state index is 0. The number of ether oxygens (including phenoxy) is 1. The highest BCUT2D eigenvalue weighted by Crippen LogP contribution is 2.14. The van der Waals surface area contributed by atoms with E-state index in [9.17, 15) is 0 Å². The molecule has 2 N–H and O–H groups in total. The van der Waals surface area contributed by atoms with Gasteiger partial charge in [-0.2, -0.15) is 0 Å². The summed E-state index contributed by atoms with van der Waals surface area (Å²) in [6, 6.07) is 20.1. The first-order chi connectivity index (χ1) is 16.3. The average molecular weight is 578 g/mol. The van der Waals surface area contributed by atoms with Crippen LogP contribution in [0.1, 0.15) is 36.5 Å². The first kappa shape index (κ1) is 26.9. The quantitative estimate of drug-likeness (QED) is 0.284. The molecule has 0 radical (unpaired) electrons. The Hall–Kier alpha value is -1.68. The molecule has 0 amide bonds. The molecule has 0 aromatic heterocycles. The van der Waals surface area contributed by atoms with Crippen LogP contribution in [0.4, 0.5) is 0 Å². The number of benzene rings is 2. The van der Waals surface area contributed by atoms with E-state index in [4.69, 9.17) is 9.73 Å². The van der Waals surface area contributed by atoms with Crippen molar-refractivity contribution in [3.63, 3.8) is 0 Å². The molecule has 34 heavy (non-hydrogen) atoms. The molecule has 186 valence electrons. The van der Waals surface area contributed by atoms with Gasteiger partial charge in [0.15, 0.2) is 5.96 Å². The second-order valence-corrected chi connectivity index (χ2v) is 9.08. The van der Waals surface area contributed by atoms with Crippen molar-refractivity contribution in [3.8, 4) is 0 Å². The minimum atomic E-state index is 0. The van der Waals surface area contributed by atoms with Crippen LogP contribution in [0.15, 0.2) is 59.6 Å². The topological polar surface area (TPSA) is 52.1 Å². The summed E-state index contributed by atoms with van der Waals surface area (Å²) in [6.07, 6.45) is 2.29. The third-order valence-corrected chi connectivity index (χ3v) is 6.44. The van der Waals surface area contributed by atoms with Crippen molar-refractivity contribution < 1.29 is 4.74 Å². The van der Waals surface area contributed by atoms with Crippen molar-refractivity contribution in [1.82, 2.24) is 20.4 Å². The van der Waals surface area contributed by atoms with Gasteiger partial charge in [0.05, 0.1) is 19.8 Å². The lowest BCUT2D eigenvalue weighted by Crippen LogP contribution is -2.48. The molecule has 2 saturated heterocycles. The molecular formula is C27H40IN5O. The van der Waals surface area contributed by atoms with E-state index < -0.39 is 0 Å². The third kappa shape index (κ3) is 8.83. The number of nitrogens with one attached hydrogen (secondary N) is 2. The van der Waals surface area contributed by atoms with E-state index in [1.807, 2.05) is 0 Å². The van der Waals surface area contributed by atoms with E-state index in [1.54, 1.807) is 0 Å². The zero-order chi connectivity index (χ0) is 22.7. The van der Waals surface area contributed by atoms with E-state index in [2.05, 4.69) is 82.0 Å². The Morgan fingerprint density at radius 3 is 2.26 bits per heavy atom. The highest BCUT2D eigenvalue weighted by molar-refractivity contribution is 14.0. The fourth-order valence-corrected chi connectivity index (χ4v) is 4.60. The standard InChI is InChI=1S/C27H39N5O.HI/c1-2-28-27(30-26-11-13-31(14-12-26)21-23-7-4-3-5-8-23)29-20-24-9-6-10-25(19-24)22-32-15-17-33-18-16-32;/h3-10,19,26H,2,11-18,20-22H2,1H3,(H2,28,29,30);1H. The van der Waals surface area contributed by atoms with Crippen LogP contribution in [0.5, 0.6) is 0 Å². The average Bonchev–Trinajstić information content (AvgIpc) is 2.85. The molecule has 6 nitrogen and oxygen atoms in total. The van der Waals surface area contributed by atoms with E-state index in [0.717, 1.165) is 77.8 Å². The lowest BCUT2D eigenvalue weighted by atomic mass is 10.0. The molecule has 0 atom stereocenters. The van der Waals surface area contributed by atoms with Crippen LogP contribution in [-0.4, -0.2) is 67.7 Å². The van der Waals surface area contributed by atoms with E-state index in [0.29, 0.717) is 12.6 Å². The Labute approximate surface area is 222 Å². The van der Waals surface area contributed by atoms with Gasteiger partial charge in [-0.1, -0.05) is 54.6 Å². The lowest BCUT2D eigenvalue weighted by Gasteiger charge is -2.33. The molecule has 2 aliphatic heterocycles. The minimum Gasteiger partial charge on any atom is -0.379 e. The maximum Gasteiger partial charge on any atom is 0.191 e. The number of rotatable bonds is 8. The zero-order valence-electron chi connectivity index (χ0n) is 20.4. The van der Waals surface area contributed by atoms with Gasteiger partial charge in [0, 0.05) is 51.9 Å². The fourth-order valence-electron chi connectivity index (χ4n) is 4.60. The maximum atomic E-state index is 5.47. The second-order valence-electron chi connectivity index (χ2n) is 9.08. The number of morpholine rings is 1. The summed E-state index contributed by atoms with van der Waals surface area (Å²) in [7, 11) is 0. The third-order valence-electron chi connectivity index (χ3n) is 6.44. The predicted octanol–water partition coefficient (Wildman–Crippen LogP) is 3.86. The smallest absolute Gasteiger partial charge is 0.191 e. The molecule has 0 aliphatic carbocycles. The Morgan fingerprint density at radius 1 is 0.882 bits per heavy atom. The van der Waals surface area contributed by atoms with Gasteiger partial charge < -0.3 is 15.4 Å². The van der Waals surface area contributed by atoms with Gasteiger partial charge in [0.2, 0.25) is 0 Å². The summed E-state index contributed by atoms with van der Waals surface area (Å²) in [5, 5.41) is 7.12. The summed E-state index contributed by atoms with van der Waals surface area (Å²) in [5.74, 6) is 0.928. The van der Waals surface area contributed by atoms with Gasteiger partial charge in [-0.25, -0.2) is 4.99 Å². The SMILES string of the molecule is CCNC(=NCc1cccc(CN2CCOCC2)c1)NC1CCN(Cc2ccccc2)CC1.I. The molecule has 0 unspecified atom stereocenters. The van der Waals surface area contributed by atoms with Crippen LogP contribution in [-0.2, 0) is 24.4 Å². The number of piperidine rings is 1. The van der Waals surface area contributed by atoms with Gasteiger partial charge in [-0.3, -0.25) is 9.80 Å². The van der Waals surface area contributed by atoms with Crippen molar-refractivity contribution in [2.24, 2.45) is 4.99 Å². The summed E-state index contributed by atoms with van der Waals surface area (Å²) >= 11 is 0. The molecule has 2 fully saturated rings. The van der Waals surface area contributed by atoms with Crippen LogP contribution in [0.2, 0.25) is 0 Å². The molecule has 0 spiro atoms.